The van der Waals surface area contributed by atoms with Crippen LogP contribution in [0.3, 0.4) is 0 Å². The molecule has 0 aliphatic carbocycles. The van der Waals surface area contributed by atoms with E-state index in [2.05, 4.69) is 11.9 Å². The standard InChI is InChI=1S/C25H30F3NO3S/c1-15(2)33-14-18-12-20(29-23(31)24(4,5)6)7-8-22(18)32-21-11-17(9-16(3)30)10-19(13-21)25(26,27)28/h7-8,10-13,15,30H,3,9,14H2,1-2,4-6H3,(H,29,31). The quantitative estimate of drug-likeness (QED) is 0.379. The number of benzene rings is 2. The smallest absolute Gasteiger partial charge is 0.416 e. The highest BCUT2D eigenvalue weighted by Gasteiger charge is 2.31. The third kappa shape index (κ3) is 8.35. The first-order valence-electron chi connectivity index (χ1n) is 10.5. The Balaban J connectivity index is 2.43. The first-order chi connectivity index (χ1) is 15.1. The molecule has 8 heteroatoms. The molecule has 0 aliphatic heterocycles. The number of carbonyl (C=O) groups excluding carboxylic acids is 1. The lowest BCUT2D eigenvalue weighted by molar-refractivity contribution is -0.137. The van der Waals surface area contributed by atoms with Crippen LogP contribution >= 0.6 is 11.8 Å². The van der Waals surface area contributed by atoms with Crippen LogP contribution in [0.2, 0.25) is 0 Å². The van der Waals surface area contributed by atoms with Crippen LogP contribution in [0, 0.1) is 5.41 Å². The van der Waals surface area contributed by atoms with Gasteiger partial charge in [-0.25, -0.2) is 0 Å². The summed E-state index contributed by atoms with van der Waals surface area (Å²) in [5.41, 5.74) is 0.115. The number of halogens is 3. The van der Waals surface area contributed by atoms with Crippen molar-refractivity contribution in [3.8, 4) is 11.5 Å². The zero-order valence-electron chi connectivity index (χ0n) is 19.5. The van der Waals surface area contributed by atoms with Crippen LogP contribution in [0.5, 0.6) is 11.5 Å². The third-order valence-electron chi connectivity index (χ3n) is 4.50. The molecule has 0 aliphatic rings. The van der Waals surface area contributed by atoms with Crippen molar-refractivity contribution in [3.05, 3.63) is 65.4 Å². The number of hydrogen-bond acceptors (Lipinski definition) is 4. The molecule has 33 heavy (non-hydrogen) atoms. The Morgan fingerprint density at radius 2 is 1.82 bits per heavy atom. The summed E-state index contributed by atoms with van der Waals surface area (Å²) in [6, 6.07) is 8.42. The van der Waals surface area contributed by atoms with E-state index in [4.69, 9.17) is 4.74 Å². The van der Waals surface area contributed by atoms with Gasteiger partial charge in [-0.3, -0.25) is 4.79 Å². The van der Waals surface area contributed by atoms with Crippen molar-refractivity contribution in [1.29, 1.82) is 0 Å². The Labute approximate surface area is 197 Å². The first-order valence-corrected chi connectivity index (χ1v) is 11.5. The van der Waals surface area contributed by atoms with Gasteiger partial charge in [-0.2, -0.15) is 24.9 Å². The molecule has 1 amide bonds. The van der Waals surface area contributed by atoms with Gasteiger partial charge in [0.2, 0.25) is 5.91 Å². The van der Waals surface area contributed by atoms with Gasteiger partial charge in [0, 0.05) is 28.8 Å². The van der Waals surface area contributed by atoms with Gasteiger partial charge in [-0.1, -0.05) is 41.2 Å². The lowest BCUT2D eigenvalue weighted by Gasteiger charge is -2.19. The number of thioether (sulfide) groups is 1. The highest BCUT2D eigenvalue weighted by atomic mass is 32.2. The van der Waals surface area contributed by atoms with Crippen molar-refractivity contribution in [2.24, 2.45) is 5.41 Å². The average Bonchev–Trinajstić information content (AvgIpc) is 2.65. The molecule has 180 valence electrons. The fourth-order valence-corrected chi connectivity index (χ4v) is 3.53. The molecule has 2 N–H and O–H groups in total. The minimum absolute atomic E-state index is 0.00310. The van der Waals surface area contributed by atoms with Gasteiger partial charge in [0.1, 0.15) is 11.5 Å². The van der Waals surface area contributed by atoms with Crippen LogP contribution < -0.4 is 10.1 Å². The average molecular weight is 482 g/mol. The molecule has 2 rings (SSSR count). The molecule has 2 aromatic rings. The Kier molecular flexibility index (Phi) is 8.52. The summed E-state index contributed by atoms with van der Waals surface area (Å²) in [6.45, 7) is 12.9. The number of aliphatic hydroxyl groups excluding tert-OH is 1. The van der Waals surface area contributed by atoms with Crippen LogP contribution in [0.25, 0.3) is 0 Å². The maximum absolute atomic E-state index is 13.4. The van der Waals surface area contributed by atoms with Crippen LogP contribution in [0.15, 0.2) is 48.7 Å². The maximum Gasteiger partial charge on any atom is 0.416 e. The second-order valence-electron chi connectivity index (χ2n) is 9.09. The van der Waals surface area contributed by atoms with E-state index in [0.717, 1.165) is 17.7 Å². The number of anilines is 1. The van der Waals surface area contributed by atoms with Gasteiger partial charge in [0.25, 0.3) is 0 Å². The van der Waals surface area contributed by atoms with E-state index in [-0.39, 0.29) is 29.4 Å². The summed E-state index contributed by atoms with van der Waals surface area (Å²) in [7, 11) is 0. The first kappa shape index (κ1) is 26.6. The lowest BCUT2D eigenvalue weighted by atomic mass is 9.95. The van der Waals surface area contributed by atoms with Crippen molar-refractivity contribution in [2.75, 3.05) is 5.32 Å². The minimum atomic E-state index is -4.57. The number of ether oxygens (including phenoxy) is 1. The monoisotopic (exact) mass is 481 g/mol. The zero-order valence-corrected chi connectivity index (χ0v) is 20.3. The molecule has 0 spiro atoms. The van der Waals surface area contributed by atoms with Crippen molar-refractivity contribution < 1.29 is 27.8 Å². The summed E-state index contributed by atoms with van der Waals surface area (Å²) in [6.07, 6.45) is -4.68. The zero-order chi connectivity index (χ0) is 25.0. The Morgan fingerprint density at radius 1 is 1.15 bits per heavy atom. The molecule has 0 atom stereocenters. The molecule has 0 unspecified atom stereocenters. The van der Waals surface area contributed by atoms with Crippen molar-refractivity contribution in [1.82, 2.24) is 0 Å². The number of allylic oxidation sites excluding steroid dienone is 1. The maximum atomic E-state index is 13.4. The van der Waals surface area contributed by atoms with E-state index in [1.807, 2.05) is 34.6 Å². The largest absolute Gasteiger partial charge is 0.513 e. The van der Waals surface area contributed by atoms with Crippen LogP contribution in [0.1, 0.15) is 51.3 Å². The van der Waals surface area contributed by atoms with Gasteiger partial charge in [-0.15, -0.1) is 0 Å². The van der Waals surface area contributed by atoms with E-state index in [0.29, 0.717) is 22.4 Å². The van der Waals surface area contributed by atoms with Crippen LogP contribution in [-0.2, 0) is 23.1 Å². The summed E-state index contributed by atoms with van der Waals surface area (Å²) < 4.78 is 46.1. The van der Waals surface area contributed by atoms with E-state index < -0.39 is 17.2 Å². The molecule has 0 bridgehead atoms. The molecule has 2 aromatic carbocycles. The summed E-state index contributed by atoms with van der Waals surface area (Å²) in [5, 5.41) is 12.6. The van der Waals surface area contributed by atoms with Crippen LogP contribution in [0.4, 0.5) is 18.9 Å². The SMILES string of the molecule is C=C(O)Cc1cc(Oc2ccc(NC(=O)C(C)(C)C)cc2CSC(C)C)cc(C(F)(F)F)c1. The van der Waals surface area contributed by atoms with E-state index in [9.17, 15) is 23.1 Å². The number of carbonyl (C=O) groups is 1. The molecule has 0 heterocycles. The Morgan fingerprint density at radius 3 is 2.36 bits per heavy atom. The topological polar surface area (TPSA) is 58.6 Å². The molecular weight excluding hydrogens is 451 g/mol. The van der Waals surface area contributed by atoms with Gasteiger partial charge in [0.15, 0.2) is 0 Å². The number of amides is 1. The number of aliphatic hydroxyl groups is 1. The van der Waals surface area contributed by atoms with E-state index in [1.54, 1.807) is 30.0 Å². The molecular formula is C25H30F3NO3S. The molecule has 0 saturated carbocycles. The van der Waals surface area contributed by atoms with Gasteiger partial charge in [0.05, 0.1) is 11.3 Å². The molecule has 0 saturated heterocycles. The normalized spacial score (nSPS) is 12.0. The summed E-state index contributed by atoms with van der Waals surface area (Å²) in [4.78, 5) is 12.4. The number of hydrogen-bond donors (Lipinski definition) is 2. The minimum Gasteiger partial charge on any atom is -0.513 e. The Bertz CT molecular complexity index is 1010. The van der Waals surface area contributed by atoms with Gasteiger partial charge < -0.3 is 15.2 Å². The molecule has 0 radical (unpaired) electrons. The Hall–Kier alpha value is -2.61. The molecule has 4 nitrogen and oxygen atoms in total. The fraction of sp³-hybridized carbons (Fsp3) is 0.400. The van der Waals surface area contributed by atoms with Crippen LogP contribution in [-0.4, -0.2) is 16.3 Å². The highest BCUT2D eigenvalue weighted by molar-refractivity contribution is 7.99. The van der Waals surface area contributed by atoms with E-state index >= 15 is 0 Å². The van der Waals surface area contributed by atoms with Crippen molar-refractivity contribution >= 4 is 23.4 Å². The predicted octanol–water partition coefficient (Wildman–Crippen LogP) is 7.74. The van der Waals surface area contributed by atoms with Gasteiger partial charge in [-0.05, 0) is 47.2 Å². The number of nitrogens with one attached hydrogen (secondary N) is 1. The van der Waals surface area contributed by atoms with Crippen molar-refractivity contribution in [2.45, 2.75) is 58.2 Å². The number of rotatable bonds is 8. The fourth-order valence-electron chi connectivity index (χ4n) is 2.79. The lowest BCUT2D eigenvalue weighted by Crippen LogP contribution is -2.27. The highest BCUT2D eigenvalue weighted by Crippen LogP contribution is 2.37. The number of alkyl halides is 3. The van der Waals surface area contributed by atoms with Gasteiger partial charge >= 0.3 is 6.18 Å². The molecule has 0 fully saturated rings. The second kappa shape index (κ2) is 10.5. The molecule has 0 aromatic heterocycles. The third-order valence-corrected chi connectivity index (χ3v) is 5.65. The predicted molar refractivity (Wildman–Crippen MR) is 128 cm³/mol. The van der Waals surface area contributed by atoms with E-state index in [1.165, 1.54) is 6.07 Å². The summed E-state index contributed by atoms with van der Waals surface area (Å²) >= 11 is 1.64. The summed E-state index contributed by atoms with van der Waals surface area (Å²) in [5.74, 6) is 0.554. The van der Waals surface area contributed by atoms with Crippen molar-refractivity contribution in [3.63, 3.8) is 0 Å². The second-order valence-corrected chi connectivity index (χ2v) is 10.7.